The van der Waals surface area contributed by atoms with Crippen molar-refractivity contribution in [2.45, 2.75) is 76.2 Å². The summed E-state index contributed by atoms with van der Waals surface area (Å²) in [6, 6.07) is 2.73. The fourth-order valence-corrected chi connectivity index (χ4v) is 6.83. The van der Waals surface area contributed by atoms with Crippen LogP contribution in [0.2, 0.25) is 0 Å². The number of aromatic nitrogens is 2. The molecular weight excluding hydrogens is 372 g/mol. The molecule has 1 unspecified atom stereocenters. The number of nitrogens with one attached hydrogen (secondary N) is 1. The molecule has 3 saturated heterocycles. The van der Waals surface area contributed by atoms with Crippen molar-refractivity contribution in [2.24, 2.45) is 13.0 Å². The van der Waals surface area contributed by atoms with Crippen molar-refractivity contribution < 1.29 is 8.42 Å². The second-order valence-corrected chi connectivity index (χ2v) is 11.1. The van der Waals surface area contributed by atoms with E-state index in [0.717, 1.165) is 19.5 Å². The van der Waals surface area contributed by atoms with Crippen molar-refractivity contribution >= 4 is 10.0 Å². The summed E-state index contributed by atoms with van der Waals surface area (Å²) < 4.78 is 29.0. The predicted octanol–water partition coefficient (Wildman–Crippen LogP) is 2.98. The van der Waals surface area contributed by atoms with Crippen molar-refractivity contribution in [3.63, 3.8) is 0 Å². The lowest BCUT2D eigenvalue weighted by atomic mass is 9.74. The monoisotopic (exact) mass is 408 g/mol. The Balaban J connectivity index is 1.41. The molecule has 1 aromatic heterocycles. The zero-order chi connectivity index (χ0) is 19.7. The minimum Gasteiger partial charge on any atom is -0.298 e. The SMILES string of the molecule is CCCS(=O)(=O)NC[C@H]1C[C@@H]2CCN1C[C@@H]2c1cc(C2CCCCC2)nn1C. The minimum atomic E-state index is -3.12. The maximum atomic E-state index is 12.0. The minimum absolute atomic E-state index is 0.227. The second-order valence-electron chi connectivity index (χ2n) is 9.16. The molecule has 6 nitrogen and oxygen atoms in total. The summed E-state index contributed by atoms with van der Waals surface area (Å²) in [7, 11) is -1.01. The van der Waals surface area contributed by atoms with Crippen molar-refractivity contribution in [2.75, 3.05) is 25.4 Å². The van der Waals surface area contributed by atoms with Gasteiger partial charge in [-0.1, -0.05) is 26.2 Å². The maximum absolute atomic E-state index is 12.0. The van der Waals surface area contributed by atoms with E-state index in [1.54, 1.807) is 0 Å². The van der Waals surface area contributed by atoms with Crippen LogP contribution in [0.5, 0.6) is 0 Å². The van der Waals surface area contributed by atoms with Gasteiger partial charge in [0.2, 0.25) is 10.0 Å². The molecule has 4 aliphatic rings. The zero-order valence-corrected chi connectivity index (χ0v) is 18.3. The van der Waals surface area contributed by atoms with Gasteiger partial charge in [-0.3, -0.25) is 9.58 Å². The first-order chi connectivity index (χ1) is 13.5. The summed E-state index contributed by atoms with van der Waals surface area (Å²) in [6.07, 6.45) is 9.60. The van der Waals surface area contributed by atoms with Crippen LogP contribution in [-0.4, -0.2) is 54.5 Å². The summed E-state index contributed by atoms with van der Waals surface area (Å²) in [5, 5.41) is 4.91. The Labute approximate surface area is 170 Å². The first-order valence-corrected chi connectivity index (χ1v) is 12.9. The quantitative estimate of drug-likeness (QED) is 0.753. The predicted molar refractivity (Wildman–Crippen MR) is 112 cm³/mol. The number of hydrogen-bond acceptors (Lipinski definition) is 4. The summed E-state index contributed by atoms with van der Waals surface area (Å²) >= 11 is 0. The fourth-order valence-electron chi connectivity index (χ4n) is 5.70. The van der Waals surface area contributed by atoms with E-state index in [1.807, 2.05) is 6.92 Å². The van der Waals surface area contributed by atoms with Crippen LogP contribution in [0.3, 0.4) is 0 Å². The lowest BCUT2D eigenvalue weighted by molar-refractivity contribution is 0.0306. The number of hydrogen-bond donors (Lipinski definition) is 1. The highest BCUT2D eigenvalue weighted by Crippen LogP contribution is 2.42. The van der Waals surface area contributed by atoms with Gasteiger partial charge in [0.05, 0.1) is 11.4 Å². The van der Waals surface area contributed by atoms with Crippen LogP contribution in [0.4, 0.5) is 0 Å². The highest BCUT2D eigenvalue weighted by Gasteiger charge is 2.42. The largest absolute Gasteiger partial charge is 0.298 e. The lowest BCUT2D eigenvalue weighted by Crippen LogP contribution is -2.56. The van der Waals surface area contributed by atoms with E-state index in [1.165, 1.54) is 49.9 Å². The van der Waals surface area contributed by atoms with E-state index < -0.39 is 10.0 Å². The molecule has 1 saturated carbocycles. The van der Waals surface area contributed by atoms with Crippen molar-refractivity contribution in [3.05, 3.63) is 17.5 Å². The molecule has 0 aromatic carbocycles. The van der Waals surface area contributed by atoms with Gasteiger partial charge in [0.15, 0.2) is 0 Å². The van der Waals surface area contributed by atoms with Gasteiger partial charge in [-0.2, -0.15) is 5.10 Å². The van der Waals surface area contributed by atoms with E-state index in [4.69, 9.17) is 5.10 Å². The van der Waals surface area contributed by atoms with Crippen LogP contribution in [0.15, 0.2) is 6.07 Å². The van der Waals surface area contributed by atoms with E-state index in [-0.39, 0.29) is 5.75 Å². The summed E-state index contributed by atoms with van der Waals surface area (Å²) in [5.74, 6) is 2.05. The van der Waals surface area contributed by atoms with Gasteiger partial charge in [0, 0.05) is 43.7 Å². The Bertz CT molecular complexity index is 769. The van der Waals surface area contributed by atoms with Gasteiger partial charge in [-0.25, -0.2) is 13.1 Å². The number of aryl methyl sites for hydroxylation is 1. The summed E-state index contributed by atoms with van der Waals surface area (Å²) in [5.41, 5.74) is 2.69. The summed E-state index contributed by atoms with van der Waals surface area (Å²) in [6.45, 7) is 4.60. The number of rotatable bonds is 7. The molecule has 0 spiro atoms. The van der Waals surface area contributed by atoms with Gasteiger partial charge < -0.3 is 0 Å². The molecule has 0 amide bonds. The first-order valence-electron chi connectivity index (χ1n) is 11.2. The molecule has 1 N–H and O–H groups in total. The van der Waals surface area contributed by atoms with Crippen molar-refractivity contribution in [1.82, 2.24) is 19.4 Å². The molecule has 1 aliphatic carbocycles. The fraction of sp³-hybridized carbons (Fsp3) is 0.857. The van der Waals surface area contributed by atoms with Crippen LogP contribution in [0, 0.1) is 5.92 Å². The van der Waals surface area contributed by atoms with Crippen molar-refractivity contribution in [1.29, 1.82) is 0 Å². The Morgan fingerprint density at radius 2 is 2.00 bits per heavy atom. The lowest BCUT2D eigenvalue weighted by Gasteiger charge is -2.50. The normalized spacial score (nSPS) is 31.4. The molecule has 4 atom stereocenters. The third-order valence-electron chi connectivity index (χ3n) is 7.23. The van der Waals surface area contributed by atoms with Gasteiger partial charge in [-0.05, 0) is 50.6 Å². The molecule has 2 bridgehead atoms. The van der Waals surface area contributed by atoms with Crippen molar-refractivity contribution in [3.8, 4) is 0 Å². The zero-order valence-electron chi connectivity index (χ0n) is 17.4. The van der Waals surface area contributed by atoms with Crippen LogP contribution < -0.4 is 4.72 Å². The Kier molecular flexibility index (Phi) is 6.14. The van der Waals surface area contributed by atoms with Gasteiger partial charge >= 0.3 is 0 Å². The molecule has 4 fully saturated rings. The van der Waals surface area contributed by atoms with Gasteiger partial charge in [0.25, 0.3) is 0 Å². The first kappa shape index (κ1) is 20.4. The van der Waals surface area contributed by atoms with E-state index in [9.17, 15) is 8.42 Å². The topological polar surface area (TPSA) is 67.2 Å². The molecule has 158 valence electrons. The highest BCUT2D eigenvalue weighted by molar-refractivity contribution is 7.89. The third kappa shape index (κ3) is 4.31. The molecule has 4 heterocycles. The average Bonchev–Trinajstić information content (AvgIpc) is 3.09. The van der Waals surface area contributed by atoms with E-state index in [0.29, 0.717) is 36.8 Å². The maximum Gasteiger partial charge on any atom is 0.211 e. The highest BCUT2D eigenvalue weighted by atomic mass is 32.2. The van der Waals surface area contributed by atoms with E-state index in [2.05, 4.69) is 27.4 Å². The van der Waals surface area contributed by atoms with Gasteiger partial charge in [-0.15, -0.1) is 0 Å². The van der Waals surface area contributed by atoms with Gasteiger partial charge in [0.1, 0.15) is 0 Å². The van der Waals surface area contributed by atoms with Crippen LogP contribution in [0.25, 0.3) is 0 Å². The number of fused-ring (bicyclic) bond motifs is 3. The second kappa shape index (κ2) is 8.44. The van der Waals surface area contributed by atoms with Crippen LogP contribution >= 0.6 is 0 Å². The molecule has 1 aromatic rings. The van der Waals surface area contributed by atoms with Crippen LogP contribution in [-0.2, 0) is 17.1 Å². The molecule has 28 heavy (non-hydrogen) atoms. The standard InChI is InChI=1S/C21H36N4O2S/c1-3-11-28(26,27)22-14-18-12-17-9-10-25(18)15-19(17)21-13-20(23-24(21)2)16-7-5-4-6-8-16/h13,16-19,22H,3-12,14-15H2,1-2H3/t17-,18+,19-/m0/s1. The molecule has 0 radical (unpaired) electrons. The smallest absolute Gasteiger partial charge is 0.211 e. The molecule has 3 aliphatic heterocycles. The average molecular weight is 409 g/mol. The Morgan fingerprint density at radius 3 is 2.68 bits per heavy atom. The van der Waals surface area contributed by atoms with E-state index >= 15 is 0 Å². The molecule has 5 rings (SSSR count). The molecule has 7 heteroatoms. The number of nitrogens with zero attached hydrogens (tertiary/aromatic N) is 3. The number of piperidine rings is 3. The Morgan fingerprint density at radius 1 is 1.21 bits per heavy atom. The molecular formula is C21H36N4O2S. The Hall–Kier alpha value is -0.920. The third-order valence-corrected chi connectivity index (χ3v) is 8.78. The number of sulfonamides is 1. The summed E-state index contributed by atoms with van der Waals surface area (Å²) in [4.78, 5) is 2.51. The van der Waals surface area contributed by atoms with Crippen LogP contribution in [0.1, 0.15) is 81.5 Å².